The molecule has 3 nitrogen and oxygen atoms in total. The van der Waals surface area contributed by atoms with Gasteiger partial charge in [0.2, 0.25) is 5.91 Å². The van der Waals surface area contributed by atoms with Crippen LogP contribution < -0.4 is 10.6 Å². The third-order valence-electron chi connectivity index (χ3n) is 3.20. The van der Waals surface area contributed by atoms with Crippen LogP contribution in [0.25, 0.3) is 0 Å². The standard InChI is InChI=1S/C16H13Cl5N2O/c1-8-2-4-9(5-3-8)23-10(24)6-7-22-16-14(20)12(18)11(17)13(19)15(16)21/h2-5,22H,6-7H2,1H3,(H,23,24). The molecule has 0 spiro atoms. The largest absolute Gasteiger partial charge is 0.382 e. The van der Waals surface area contributed by atoms with E-state index in [0.29, 0.717) is 12.2 Å². The maximum atomic E-state index is 12.0. The highest BCUT2D eigenvalue weighted by Crippen LogP contribution is 2.46. The first-order chi connectivity index (χ1) is 11.3. The maximum Gasteiger partial charge on any atom is 0.226 e. The van der Waals surface area contributed by atoms with Crippen LogP contribution in [0.5, 0.6) is 0 Å². The topological polar surface area (TPSA) is 41.1 Å². The molecule has 2 rings (SSSR count). The Balaban J connectivity index is 1.97. The summed E-state index contributed by atoms with van der Waals surface area (Å²) in [5, 5.41) is 6.40. The molecule has 0 atom stereocenters. The number of halogens is 5. The number of rotatable bonds is 5. The molecule has 0 heterocycles. The Bertz CT molecular complexity index is 733. The average molecular weight is 427 g/mol. The Morgan fingerprint density at radius 1 is 0.875 bits per heavy atom. The van der Waals surface area contributed by atoms with Gasteiger partial charge in [-0.15, -0.1) is 0 Å². The Hall–Kier alpha value is -0.840. The van der Waals surface area contributed by atoms with E-state index in [-0.39, 0.29) is 37.4 Å². The first-order valence-electron chi connectivity index (χ1n) is 6.93. The van der Waals surface area contributed by atoms with Crippen molar-refractivity contribution in [3.63, 3.8) is 0 Å². The molecule has 0 radical (unpaired) electrons. The van der Waals surface area contributed by atoms with Crippen molar-refractivity contribution < 1.29 is 4.79 Å². The fourth-order valence-electron chi connectivity index (χ4n) is 1.92. The van der Waals surface area contributed by atoms with Crippen molar-refractivity contribution in [2.75, 3.05) is 17.2 Å². The van der Waals surface area contributed by atoms with E-state index in [0.717, 1.165) is 11.3 Å². The van der Waals surface area contributed by atoms with Crippen LogP contribution in [0.2, 0.25) is 25.1 Å². The zero-order valence-corrected chi connectivity index (χ0v) is 16.3. The molecule has 0 bridgehead atoms. The van der Waals surface area contributed by atoms with E-state index in [9.17, 15) is 4.79 Å². The summed E-state index contributed by atoms with van der Waals surface area (Å²) < 4.78 is 0. The van der Waals surface area contributed by atoms with E-state index in [2.05, 4.69) is 10.6 Å². The summed E-state index contributed by atoms with van der Waals surface area (Å²) in [5.74, 6) is -0.148. The summed E-state index contributed by atoms with van der Waals surface area (Å²) in [4.78, 5) is 12.0. The second kappa shape index (κ2) is 8.50. The highest BCUT2D eigenvalue weighted by atomic mass is 35.5. The number of hydrogen-bond donors (Lipinski definition) is 2. The van der Waals surface area contributed by atoms with Crippen LogP contribution in [0.4, 0.5) is 11.4 Å². The van der Waals surface area contributed by atoms with Gasteiger partial charge >= 0.3 is 0 Å². The minimum atomic E-state index is -0.148. The summed E-state index contributed by atoms with van der Waals surface area (Å²) in [6, 6.07) is 7.52. The van der Waals surface area contributed by atoms with Crippen LogP contribution in [-0.4, -0.2) is 12.5 Å². The van der Waals surface area contributed by atoms with Gasteiger partial charge in [0.05, 0.1) is 30.8 Å². The second-order valence-electron chi connectivity index (χ2n) is 5.04. The first kappa shape index (κ1) is 19.5. The molecule has 0 aliphatic rings. The molecule has 128 valence electrons. The van der Waals surface area contributed by atoms with Crippen LogP contribution in [-0.2, 0) is 4.79 Å². The van der Waals surface area contributed by atoms with Crippen molar-refractivity contribution in [3.05, 3.63) is 54.9 Å². The van der Waals surface area contributed by atoms with Crippen LogP contribution in [0.3, 0.4) is 0 Å². The molecule has 8 heteroatoms. The third-order valence-corrected chi connectivity index (χ3v) is 5.48. The van der Waals surface area contributed by atoms with Crippen LogP contribution in [0.15, 0.2) is 24.3 Å². The fraction of sp³-hybridized carbons (Fsp3) is 0.188. The Labute approximate surface area is 165 Å². The van der Waals surface area contributed by atoms with Gasteiger partial charge in [0.15, 0.2) is 0 Å². The third kappa shape index (κ3) is 4.62. The molecule has 24 heavy (non-hydrogen) atoms. The molecule has 0 aliphatic heterocycles. The predicted octanol–water partition coefficient (Wildman–Crippen LogP) is 6.70. The molecular formula is C16H13Cl5N2O. The molecule has 2 aromatic rings. The van der Waals surface area contributed by atoms with Gasteiger partial charge in [-0.2, -0.15) is 0 Å². The lowest BCUT2D eigenvalue weighted by Gasteiger charge is -2.14. The van der Waals surface area contributed by atoms with Crippen LogP contribution in [0, 0.1) is 6.92 Å². The number of carbonyl (C=O) groups is 1. The molecule has 0 aromatic heterocycles. The zero-order chi connectivity index (χ0) is 17.9. The quantitative estimate of drug-likeness (QED) is 0.412. The predicted molar refractivity (Wildman–Crippen MR) is 104 cm³/mol. The summed E-state index contributed by atoms with van der Waals surface area (Å²) in [7, 11) is 0. The number of carbonyl (C=O) groups excluding carboxylic acids is 1. The molecule has 0 saturated heterocycles. The van der Waals surface area contributed by atoms with Gasteiger partial charge in [-0.25, -0.2) is 0 Å². The van der Waals surface area contributed by atoms with Crippen molar-refractivity contribution in [2.45, 2.75) is 13.3 Å². The van der Waals surface area contributed by atoms with Crippen molar-refractivity contribution in [3.8, 4) is 0 Å². The van der Waals surface area contributed by atoms with Crippen LogP contribution in [0.1, 0.15) is 12.0 Å². The van der Waals surface area contributed by atoms with Crippen molar-refractivity contribution >= 4 is 75.3 Å². The Morgan fingerprint density at radius 2 is 1.38 bits per heavy atom. The molecule has 0 unspecified atom stereocenters. The molecule has 0 saturated carbocycles. The number of aryl methyl sites for hydroxylation is 1. The fourth-order valence-corrected chi connectivity index (χ4v) is 3.19. The van der Waals surface area contributed by atoms with Crippen molar-refractivity contribution in [1.29, 1.82) is 0 Å². The maximum absolute atomic E-state index is 12.0. The molecule has 2 N–H and O–H groups in total. The summed E-state index contributed by atoms with van der Waals surface area (Å²) >= 11 is 30.1. The number of benzene rings is 2. The van der Waals surface area contributed by atoms with Gasteiger partial charge in [-0.3, -0.25) is 4.79 Å². The van der Waals surface area contributed by atoms with E-state index in [1.165, 1.54) is 0 Å². The normalized spacial score (nSPS) is 10.6. The molecule has 2 aromatic carbocycles. The minimum absolute atomic E-state index is 0.0935. The van der Waals surface area contributed by atoms with Gasteiger partial charge in [0, 0.05) is 18.7 Å². The van der Waals surface area contributed by atoms with E-state index in [4.69, 9.17) is 58.0 Å². The van der Waals surface area contributed by atoms with Crippen molar-refractivity contribution in [2.24, 2.45) is 0 Å². The highest BCUT2D eigenvalue weighted by Gasteiger charge is 2.19. The van der Waals surface area contributed by atoms with E-state index >= 15 is 0 Å². The summed E-state index contributed by atoms with van der Waals surface area (Å²) in [5.41, 5.74) is 2.20. The average Bonchev–Trinajstić information content (AvgIpc) is 2.56. The Kier molecular flexibility index (Phi) is 6.90. The summed E-state index contributed by atoms with van der Waals surface area (Å²) in [6.07, 6.45) is 0.207. The lowest BCUT2D eigenvalue weighted by molar-refractivity contribution is -0.115. The lowest BCUT2D eigenvalue weighted by atomic mass is 10.2. The molecule has 0 fully saturated rings. The van der Waals surface area contributed by atoms with E-state index in [1.54, 1.807) is 0 Å². The van der Waals surface area contributed by atoms with E-state index in [1.807, 2.05) is 31.2 Å². The Morgan fingerprint density at radius 3 is 1.92 bits per heavy atom. The van der Waals surface area contributed by atoms with Gasteiger partial charge < -0.3 is 10.6 Å². The monoisotopic (exact) mass is 424 g/mol. The molecular weight excluding hydrogens is 413 g/mol. The smallest absolute Gasteiger partial charge is 0.226 e. The zero-order valence-electron chi connectivity index (χ0n) is 12.5. The number of nitrogens with one attached hydrogen (secondary N) is 2. The molecule has 0 aliphatic carbocycles. The summed E-state index contributed by atoms with van der Waals surface area (Å²) in [6.45, 7) is 2.27. The SMILES string of the molecule is Cc1ccc(NC(=O)CCNc2c(Cl)c(Cl)c(Cl)c(Cl)c2Cl)cc1. The minimum Gasteiger partial charge on any atom is -0.382 e. The second-order valence-corrected chi connectivity index (χ2v) is 6.93. The van der Waals surface area contributed by atoms with E-state index < -0.39 is 0 Å². The number of anilines is 2. The van der Waals surface area contributed by atoms with Gasteiger partial charge in [-0.05, 0) is 19.1 Å². The molecule has 1 amide bonds. The number of hydrogen-bond acceptors (Lipinski definition) is 2. The first-order valence-corrected chi connectivity index (χ1v) is 8.82. The van der Waals surface area contributed by atoms with Crippen LogP contribution >= 0.6 is 58.0 Å². The van der Waals surface area contributed by atoms with Crippen molar-refractivity contribution in [1.82, 2.24) is 0 Å². The highest BCUT2D eigenvalue weighted by molar-refractivity contribution is 6.56. The van der Waals surface area contributed by atoms with Gasteiger partial charge in [-0.1, -0.05) is 75.7 Å². The van der Waals surface area contributed by atoms with Gasteiger partial charge in [0.25, 0.3) is 0 Å². The lowest BCUT2D eigenvalue weighted by Crippen LogP contribution is -2.16. The number of amides is 1. The van der Waals surface area contributed by atoms with Gasteiger partial charge in [0.1, 0.15) is 0 Å².